The van der Waals surface area contributed by atoms with Crippen LogP contribution >= 0.6 is 11.6 Å². The maximum absolute atomic E-state index is 11.9. The van der Waals surface area contributed by atoms with Crippen LogP contribution in [0.2, 0.25) is 5.02 Å². The van der Waals surface area contributed by atoms with Crippen molar-refractivity contribution in [1.29, 1.82) is 0 Å². The number of nitrogens with one attached hydrogen (secondary N) is 2. The number of hydrogen-bond acceptors (Lipinski definition) is 6. The van der Waals surface area contributed by atoms with Gasteiger partial charge in [0.05, 0.1) is 0 Å². The van der Waals surface area contributed by atoms with Gasteiger partial charge >= 0.3 is 0 Å². The molecule has 1 fully saturated rings. The van der Waals surface area contributed by atoms with Crippen molar-refractivity contribution in [1.82, 2.24) is 15.3 Å². The van der Waals surface area contributed by atoms with Gasteiger partial charge in [0.2, 0.25) is 0 Å². The Kier molecular flexibility index (Phi) is 6.70. The monoisotopic (exact) mass is 389 g/mol. The molecule has 2 heterocycles. The summed E-state index contributed by atoms with van der Waals surface area (Å²) in [5, 5.41) is 6.68. The molecule has 3 rings (SSSR count). The largest absolute Gasteiger partial charge is 0.484 e. The van der Waals surface area contributed by atoms with Gasteiger partial charge in [0.1, 0.15) is 23.2 Å². The fourth-order valence-corrected chi connectivity index (χ4v) is 3.00. The van der Waals surface area contributed by atoms with Crippen LogP contribution in [0.4, 0.5) is 11.6 Å². The molecule has 0 aliphatic carbocycles. The van der Waals surface area contributed by atoms with Gasteiger partial charge in [-0.3, -0.25) is 4.79 Å². The van der Waals surface area contributed by atoms with Gasteiger partial charge in [0, 0.05) is 37.3 Å². The second-order valence-electron chi connectivity index (χ2n) is 6.37. The predicted octanol–water partition coefficient (Wildman–Crippen LogP) is 2.65. The van der Waals surface area contributed by atoms with Crippen LogP contribution in [-0.4, -0.2) is 48.7 Å². The first-order chi connectivity index (χ1) is 13.1. The summed E-state index contributed by atoms with van der Waals surface area (Å²) in [6.07, 6.45) is 2.41. The first kappa shape index (κ1) is 19.2. The lowest BCUT2D eigenvalue weighted by molar-refractivity contribution is -0.123. The fraction of sp³-hybridized carbons (Fsp3) is 0.421. The summed E-state index contributed by atoms with van der Waals surface area (Å²) in [5.41, 5.74) is 0. The Morgan fingerprint density at radius 3 is 2.67 bits per heavy atom. The molecule has 1 aromatic heterocycles. The number of rotatable bonds is 8. The molecule has 1 aliphatic heterocycles. The minimum atomic E-state index is -0.177. The Bertz CT molecular complexity index is 763. The lowest BCUT2D eigenvalue weighted by atomic mass is 10.3. The van der Waals surface area contributed by atoms with Crippen LogP contribution in [0.25, 0.3) is 0 Å². The van der Waals surface area contributed by atoms with Crippen molar-refractivity contribution in [2.75, 3.05) is 43.0 Å². The molecule has 7 nitrogen and oxygen atoms in total. The van der Waals surface area contributed by atoms with E-state index in [1.165, 1.54) is 12.8 Å². The molecule has 0 radical (unpaired) electrons. The summed E-state index contributed by atoms with van der Waals surface area (Å²) in [6.45, 7) is 4.99. The predicted molar refractivity (Wildman–Crippen MR) is 107 cm³/mol. The van der Waals surface area contributed by atoms with Gasteiger partial charge in [-0.1, -0.05) is 11.6 Å². The zero-order valence-electron chi connectivity index (χ0n) is 15.4. The van der Waals surface area contributed by atoms with Gasteiger partial charge in [0.15, 0.2) is 6.61 Å². The number of ether oxygens (including phenoxy) is 1. The van der Waals surface area contributed by atoms with Crippen LogP contribution in [0, 0.1) is 6.92 Å². The molecule has 0 unspecified atom stereocenters. The van der Waals surface area contributed by atoms with E-state index in [0.717, 1.165) is 30.5 Å². The maximum atomic E-state index is 11.9. The molecular weight excluding hydrogens is 366 g/mol. The zero-order valence-corrected chi connectivity index (χ0v) is 16.1. The first-order valence-electron chi connectivity index (χ1n) is 9.10. The van der Waals surface area contributed by atoms with E-state index in [2.05, 4.69) is 25.5 Å². The number of aryl methyl sites for hydroxylation is 1. The Morgan fingerprint density at radius 2 is 1.93 bits per heavy atom. The molecule has 1 aliphatic rings. The smallest absolute Gasteiger partial charge is 0.258 e. The Hall–Kier alpha value is -2.54. The molecule has 1 aromatic carbocycles. The Labute approximate surface area is 164 Å². The van der Waals surface area contributed by atoms with Crippen molar-refractivity contribution in [3.8, 4) is 5.75 Å². The summed E-state index contributed by atoms with van der Waals surface area (Å²) in [5.74, 6) is 2.91. The minimum absolute atomic E-state index is 0.0344. The van der Waals surface area contributed by atoms with Gasteiger partial charge < -0.3 is 20.3 Å². The number of halogens is 1. The van der Waals surface area contributed by atoms with E-state index in [-0.39, 0.29) is 12.5 Å². The molecule has 144 valence electrons. The number of carbonyl (C=O) groups is 1. The number of carbonyl (C=O) groups excluding carboxylic acids is 1. The van der Waals surface area contributed by atoms with Gasteiger partial charge in [-0.05, 0) is 44.0 Å². The van der Waals surface area contributed by atoms with E-state index < -0.39 is 0 Å². The lowest BCUT2D eigenvalue weighted by Crippen LogP contribution is -2.32. The van der Waals surface area contributed by atoms with E-state index in [4.69, 9.17) is 16.3 Å². The van der Waals surface area contributed by atoms with Crippen LogP contribution in [0.3, 0.4) is 0 Å². The third-order valence-corrected chi connectivity index (χ3v) is 4.44. The fourth-order valence-electron chi connectivity index (χ4n) is 2.87. The molecule has 2 aromatic rings. The number of aromatic nitrogens is 2. The van der Waals surface area contributed by atoms with Gasteiger partial charge in [-0.2, -0.15) is 0 Å². The third kappa shape index (κ3) is 5.99. The van der Waals surface area contributed by atoms with Crippen LogP contribution in [-0.2, 0) is 4.79 Å². The lowest BCUT2D eigenvalue weighted by Gasteiger charge is -2.17. The third-order valence-electron chi connectivity index (χ3n) is 4.19. The highest BCUT2D eigenvalue weighted by Crippen LogP contribution is 2.20. The van der Waals surface area contributed by atoms with Crippen molar-refractivity contribution in [3.63, 3.8) is 0 Å². The molecule has 27 heavy (non-hydrogen) atoms. The zero-order chi connectivity index (χ0) is 19.1. The SMILES string of the molecule is Cc1nc(NCCNC(=O)COc2ccc(Cl)cc2)cc(N2CCCC2)n1. The molecule has 8 heteroatoms. The van der Waals surface area contributed by atoms with Crippen LogP contribution in [0.15, 0.2) is 30.3 Å². The van der Waals surface area contributed by atoms with Gasteiger partial charge in [0.25, 0.3) is 5.91 Å². The van der Waals surface area contributed by atoms with Crippen LogP contribution in [0.1, 0.15) is 18.7 Å². The van der Waals surface area contributed by atoms with Crippen molar-refractivity contribution in [2.24, 2.45) is 0 Å². The normalized spacial score (nSPS) is 13.5. The van der Waals surface area contributed by atoms with E-state index in [0.29, 0.717) is 23.9 Å². The van der Waals surface area contributed by atoms with E-state index in [1.807, 2.05) is 13.0 Å². The quantitative estimate of drug-likeness (QED) is 0.676. The number of nitrogens with zero attached hydrogens (tertiary/aromatic N) is 3. The number of hydrogen-bond donors (Lipinski definition) is 2. The summed E-state index contributed by atoms with van der Waals surface area (Å²) in [4.78, 5) is 23.0. The minimum Gasteiger partial charge on any atom is -0.484 e. The number of anilines is 2. The van der Waals surface area contributed by atoms with Gasteiger partial charge in [-0.25, -0.2) is 9.97 Å². The van der Waals surface area contributed by atoms with Crippen LogP contribution < -0.4 is 20.3 Å². The van der Waals surface area contributed by atoms with Crippen molar-refractivity contribution >= 4 is 29.1 Å². The molecule has 0 atom stereocenters. The molecule has 1 amide bonds. The second-order valence-corrected chi connectivity index (χ2v) is 6.81. The number of amides is 1. The molecular formula is C19H24ClN5O2. The highest BCUT2D eigenvalue weighted by atomic mass is 35.5. The Morgan fingerprint density at radius 1 is 1.19 bits per heavy atom. The van der Waals surface area contributed by atoms with Crippen LogP contribution in [0.5, 0.6) is 5.75 Å². The summed E-state index contributed by atoms with van der Waals surface area (Å²) < 4.78 is 5.41. The van der Waals surface area contributed by atoms with E-state index in [1.54, 1.807) is 24.3 Å². The average molecular weight is 390 g/mol. The highest BCUT2D eigenvalue weighted by Gasteiger charge is 2.15. The topological polar surface area (TPSA) is 79.4 Å². The summed E-state index contributed by atoms with van der Waals surface area (Å²) >= 11 is 5.81. The number of benzene rings is 1. The summed E-state index contributed by atoms with van der Waals surface area (Å²) in [6, 6.07) is 8.86. The summed E-state index contributed by atoms with van der Waals surface area (Å²) in [7, 11) is 0. The first-order valence-corrected chi connectivity index (χ1v) is 9.47. The molecule has 2 N–H and O–H groups in total. The molecule has 1 saturated heterocycles. The Balaban J connectivity index is 1.39. The molecule has 0 spiro atoms. The van der Waals surface area contributed by atoms with E-state index in [9.17, 15) is 4.79 Å². The van der Waals surface area contributed by atoms with Crippen molar-refractivity contribution < 1.29 is 9.53 Å². The van der Waals surface area contributed by atoms with Crippen molar-refractivity contribution in [3.05, 3.63) is 41.2 Å². The van der Waals surface area contributed by atoms with Crippen molar-refractivity contribution in [2.45, 2.75) is 19.8 Å². The molecule has 0 bridgehead atoms. The maximum Gasteiger partial charge on any atom is 0.258 e. The van der Waals surface area contributed by atoms with E-state index >= 15 is 0 Å². The average Bonchev–Trinajstić information content (AvgIpc) is 3.19. The van der Waals surface area contributed by atoms with Gasteiger partial charge in [-0.15, -0.1) is 0 Å². The standard InChI is InChI=1S/C19H24ClN5O2/c1-14-23-17(12-18(24-14)25-10-2-3-11-25)21-8-9-22-19(26)13-27-16-6-4-15(20)5-7-16/h4-7,12H,2-3,8-11,13H2,1H3,(H,22,26)(H,21,23,24). The second kappa shape index (κ2) is 9.41. The molecule has 0 saturated carbocycles. The highest BCUT2D eigenvalue weighted by molar-refractivity contribution is 6.30.